The molecule has 46 heavy (non-hydrogen) atoms. The van der Waals surface area contributed by atoms with Gasteiger partial charge in [0.2, 0.25) is 0 Å². The molecule has 2 nitrogen and oxygen atoms in total. The second-order valence-electron chi connectivity index (χ2n) is 11.1. The van der Waals surface area contributed by atoms with Crippen LogP contribution in [-0.2, 0) is 0 Å². The summed E-state index contributed by atoms with van der Waals surface area (Å²) in [5.74, 6) is -2.68. The number of para-hydroxylation sites is 2. The van der Waals surface area contributed by atoms with E-state index < -0.39 is 23.3 Å². The quantitative estimate of drug-likeness (QED) is 0.137. The number of halogens is 4. The Kier molecular flexibility index (Phi) is 6.57. The summed E-state index contributed by atoms with van der Waals surface area (Å²) in [6.45, 7) is 0. The van der Waals surface area contributed by atoms with Gasteiger partial charge in [0.25, 0.3) is 0 Å². The molecule has 6 heteroatoms. The van der Waals surface area contributed by atoms with E-state index in [4.69, 9.17) is 0 Å². The van der Waals surface area contributed by atoms with E-state index >= 15 is 8.78 Å². The summed E-state index contributed by atoms with van der Waals surface area (Å²) in [4.78, 5) is 3.59. The molecule has 0 aliphatic heterocycles. The zero-order valence-corrected chi connectivity index (χ0v) is 24.3. The lowest BCUT2D eigenvalue weighted by Crippen LogP contribution is -2.13. The Bertz CT molecular complexity index is 2210. The zero-order valence-electron chi connectivity index (χ0n) is 24.3. The molecule has 0 unspecified atom stereocenters. The summed E-state index contributed by atoms with van der Waals surface area (Å²) >= 11 is 0. The van der Waals surface area contributed by atoms with E-state index in [1.54, 1.807) is 9.80 Å². The van der Waals surface area contributed by atoms with Crippen molar-refractivity contribution in [2.24, 2.45) is 0 Å². The van der Waals surface area contributed by atoms with Crippen LogP contribution in [0.4, 0.5) is 51.7 Å². The van der Waals surface area contributed by atoms with Crippen LogP contribution < -0.4 is 9.80 Å². The average molecular weight is 609 g/mol. The average Bonchev–Trinajstić information content (AvgIpc) is 3.07. The van der Waals surface area contributed by atoms with Gasteiger partial charge in [0.1, 0.15) is 23.3 Å². The van der Waals surface area contributed by atoms with Crippen molar-refractivity contribution in [1.82, 2.24) is 0 Å². The van der Waals surface area contributed by atoms with Gasteiger partial charge in [-0.2, -0.15) is 0 Å². The van der Waals surface area contributed by atoms with Crippen molar-refractivity contribution in [3.63, 3.8) is 0 Å². The van der Waals surface area contributed by atoms with Crippen LogP contribution in [0.3, 0.4) is 0 Å². The Morgan fingerprint density at radius 2 is 0.717 bits per heavy atom. The topological polar surface area (TPSA) is 6.48 Å². The molecule has 0 aliphatic carbocycles. The molecule has 0 atom stereocenters. The van der Waals surface area contributed by atoms with E-state index in [9.17, 15) is 8.78 Å². The molecule has 0 fully saturated rings. The van der Waals surface area contributed by atoms with Gasteiger partial charge in [-0.05, 0) is 82.2 Å². The molecule has 0 heterocycles. The Labute approximate surface area is 262 Å². The predicted molar refractivity (Wildman–Crippen MR) is 179 cm³/mol. The first kappa shape index (κ1) is 27.7. The summed E-state index contributed by atoms with van der Waals surface area (Å²) in [5.41, 5.74) is 3.29. The molecule has 222 valence electrons. The van der Waals surface area contributed by atoms with Gasteiger partial charge in [0, 0.05) is 34.3 Å². The maximum atomic E-state index is 15.4. The number of hydrogen-bond acceptors (Lipinski definition) is 2. The van der Waals surface area contributed by atoms with Crippen molar-refractivity contribution in [1.29, 1.82) is 0 Å². The van der Waals surface area contributed by atoms with Crippen LogP contribution in [0.2, 0.25) is 0 Å². The third-order valence-corrected chi connectivity index (χ3v) is 8.43. The van der Waals surface area contributed by atoms with E-state index in [1.165, 1.54) is 24.3 Å². The lowest BCUT2D eigenvalue weighted by molar-refractivity contribution is 0.583. The van der Waals surface area contributed by atoms with Gasteiger partial charge >= 0.3 is 0 Å². The van der Waals surface area contributed by atoms with Gasteiger partial charge in [-0.15, -0.1) is 0 Å². The molecule has 0 N–H and O–H groups in total. The smallest absolute Gasteiger partial charge is 0.150 e. The van der Waals surface area contributed by atoms with Crippen molar-refractivity contribution in [3.05, 3.63) is 169 Å². The summed E-state index contributed by atoms with van der Waals surface area (Å²) in [7, 11) is 0. The first-order chi connectivity index (χ1) is 22.5. The molecular formula is C40H24F4N2. The predicted octanol–water partition coefficient (Wildman–Crippen LogP) is 12.1. The largest absolute Gasteiger partial charge is 0.307 e. The van der Waals surface area contributed by atoms with Crippen LogP contribution in [0.1, 0.15) is 0 Å². The van der Waals surface area contributed by atoms with Gasteiger partial charge in [-0.1, -0.05) is 72.8 Å². The van der Waals surface area contributed by atoms with Crippen molar-refractivity contribution < 1.29 is 17.6 Å². The fourth-order valence-electron chi connectivity index (χ4n) is 6.46. The zero-order chi connectivity index (χ0) is 31.4. The van der Waals surface area contributed by atoms with Crippen LogP contribution in [0.5, 0.6) is 0 Å². The number of rotatable bonds is 6. The third kappa shape index (κ3) is 4.49. The van der Waals surface area contributed by atoms with Crippen molar-refractivity contribution in [2.75, 3.05) is 9.80 Å². The molecule has 0 aromatic heterocycles. The van der Waals surface area contributed by atoms with E-state index in [2.05, 4.69) is 0 Å². The summed E-state index contributed by atoms with van der Waals surface area (Å²) in [6, 6.07) is 41.9. The Morgan fingerprint density at radius 3 is 1.11 bits per heavy atom. The van der Waals surface area contributed by atoms with Gasteiger partial charge in [-0.25, -0.2) is 17.6 Å². The molecule has 0 radical (unpaired) electrons. The first-order valence-electron chi connectivity index (χ1n) is 14.8. The molecule has 8 rings (SSSR count). The highest BCUT2D eigenvalue weighted by Gasteiger charge is 2.24. The minimum Gasteiger partial charge on any atom is -0.307 e. The normalized spacial score (nSPS) is 11.5. The number of nitrogens with zero attached hydrogens (tertiary/aromatic N) is 2. The fraction of sp³-hybridized carbons (Fsp3) is 0. The molecule has 0 aliphatic rings. The molecule has 8 aromatic rings. The summed E-state index contributed by atoms with van der Waals surface area (Å²) < 4.78 is 59.0. The minimum atomic E-state index is -0.684. The summed E-state index contributed by atoms with van der Waals surface area (Å²) in [5, 5.41) is 5.57. The molecule has 0 bridgehead atoms. The van der Waals surface area contributed by atoms with Crippen LogP contribution in [-0.4, -0.2) is 0 Å². The van der Waals surface area contributed by atoms with Gasteiger partial charge < -0.3 is 9.80 Å². The minimum absolute atomic E-state index is 0.213. The number of benzene rings is 8. The maximum absolute atomic E-state index is 15.4. The Morgan fingerprint density at radius 1 is 0.348 bits per heavy atom. The van der Waals surface area contributed by atoms with Crippen LogP contribution in [0.25, 0.3) is 32.3 Å². The highest BCUT2D eigenvalue weighted by Crippen LogP contribution is 2.48. The molecule has 0 saturated heterocycles. The first-order valence-corrected chi connectivity index (χ1v) is 14.8. The lowest BCUT2D eigenvalue weighted by atomic mass is 9.91. The molecule has 0 spiro atoms. The van der Waals surface area contributed by atoms with Crippen LogP contribution >= 0.6 is 0 Å². The van der Waals surface area contributed by atoms with Crippen LogP contribution in [0.15, 0.2) is 146 Å². The van der Waals surface area contributed by atoms with Crippen molar-refractivity contribution >= 4 is 66.4 Å². The van der Waals surface area contributed by atoms with Crippen LogP contribution in [0, 0.1) is 23.3 Å². The molecular weight excluding hydrogens is 584 g/mol. The van der Waals surface area contributed by atoms with Gasteiger partial charge in [-0.3, -0.25) is 0 Å². The van der Waals surface area contributed by atoms with E-state index in [0.717, 1.165) is 44.5 Å². The summed E-state index contributed by atoms with van der Waals surface area (Å²) in [6.07, 6.45) is 0. The fourth-order valence-corrected chi connectivity index (χ4v) is 6.46. The maximum Gasteiger partial charge on any atom is 0.150 e. The number of anilines is 6. The second-order valence-corrected chi connectivity index (χ2v) is 11.1. The number of hydrogen-bond donors (Lipinski definition) is 0. The standard InChI is InChI=1S/C40H24F4N2/c41-27-15-21-37(33(43)23-27)45(29-7-3-1-4-8-29)35-19-13-25-12-18-32-36(20-14-26-11-17-31(35)39(25)40(26)32)46(30-9-5-2-6-10-30)38-22-16-28(42)24-34(38)44/h1-24H. The van der Waals surface area contributed by atoms with Crippen molar-refractivity contribution in [2.45, 2.75) is 0 Å². The van der Waals surface area contributed by atoms with Gasteiger partial charge in [0.15, 0.2) is 0 Å². The van der Waals surface area contributed by atoms with E-state index in [1.807, 2.05) is 109 Å². The van der Waals surface area contributed by atoms with E-state index in [0.29, 0.717) is 22.7 Å². The molecule has 0 amide bonds. The van der Waals surface area contributed by atoms with Crippen molar-refractivity contribution in [3.8, 4) is 0 Å². The Hall–Kier alpha value is -5.88. The highest BCUT2D eigenvalue weighted by atomic mass is 19.1. The second kappa shape index (κ2) is 10.9. The third-order valence-electron chi connectivity index (χ3n) is 8.43. The monoisotopic (exact) mass is 608 g/mol. The van der Waals surface area contributed by atoms with E-state index in [-0.39, 0.29) is 11.4 Å². The highest BCUT2D eigenvalue weighted by molar-refractivity contribution is 6.28. The molecule has 0 saturated carbocycles. The molecule has 8 aromatic carbocycles. The Balaban J connectivity index is 1.42. The van der Waals surface area contributed by atoms with Gasteiger partial charge in [0.05, 0.1) is 22.7 Å². The lowest BCUT2D eigenvalue weighted by Gasteiger charge is -2.29. The SMILES string of the molecule is Fc1ccc(N(c2ccccc2)c2ccc3ccc4c(N(c5ccccc5)c5ccc(F)cc5F)ccc5ccc2c3c54)c(F)c1.